The van der Waals surface area contributed by atoms with E-state index in [9.17, 15) is 13.2 Å². The Hall–Kier alpha value is -2.12. The van der Waals surface area contributed by atoms with E-state index in [1.807, 2.05) is 6.07 Å². The molecule has 0 spiro atoms. The Balaban J connectivity index is 1.74. The first-order chi connectivity index (χ1) is 11.4. The second-order valence-electron chi connectivity index (χ2n) is 5.80. The molecule has 0 saturated heterocycles. The summed E-state index contributed by atoms with van der Waals surface area (Å²) in [4.78, 5) is 11.7. The van der Waals surface area contributed by atoms with Crippen LogP contribution in [0.2, 0.25) is 0 Å². The highest BCUT2D eigenvalue weighted by molar-refractivity contribution is 7.89. The van der Waals surface area contributed by atoms with Crippen LogP contribution in [0, 0.1) is 11.3 Å². The van der Waals surface area contributed by atoms with Gasteiger partial charge in [0.25, 0.3) is 0 Å². The maximum atomic E-state index is 12.0. The molecule has 0 aromatic carbocycles. The number of hydrogen-bond donors (Lipinski definition) is 3. The molecule has 132 valence electrons. The van der Waals surface area contributed by atoms with Gasteiger partial charge < -0.3 is 5.32 Å². The molecule has 2 rings (SSSR count). The van der Waals surface area contributed by atoms with Gasteiger partial charge in [-0.05, 0) is 12.8 Å². The average molecular weight is 354 g/mol. The molecular formula is C14H22N6O3S. The summed E-state index contributed by atoms with van der Waals surface area (Å²) in [5, 5.41) is 17.7. The highest BCUT2D eigenvalue weighted by atomic mass is 32.2. The molecule has 9 nitrogen and oxygen atoms in total. The van der Waals surface area contributed by atoms with Gasteiger partial charge in [-0.3, -0.25) is 10.00 Å². The summed E-state index contributed by atoms with van der Waals surface area (Å²) in [7, 11) is -1.82. The minimum Gasteiger partial charge on any atom is -0.337 e. The molecule has 24 heavy (non-hydrogen) atoms. The van der Waals surface area contributed by atoms with E-state index in [-0.39, 0.29) is 24.2 Å². The molecule has 1 heterocycles. The lowest BCUT2D eigenvalue weighted by molar-refractivity contribution is 0.252. The predicted molar refractivity (Wildman–Crippen MR) is 88.7 cm³/mol. The lowest BCUT2D eigenvalue weighted by atomic mass is 9.96. The lowest BCUT2D eigenvalue weighted by Crippen LogP contribution is -2.41. The van der Waals surface area contributed by atoms with E-state index in [2.05, 4.69) is 20.5 Å². The zero-order chi connectivity index (χ0) is 17.6. The summed E-state index contributed by atoms with van der Waals surface area (Å²) in [5.41, 5.74) is 0.310. The Morgan fingerprint density at radius 1 is 1.42 bits per heavy atom. The van der Waals surface area contributed by atoms with Gasteiger partial charge in [-0.2, -0.15) is 10.4 Å². The van der Waals surface area contributed by atoms with Gasteiger partial charge in [-0.1, -0.05) is 19.3 Å². The molecular weight excluding hydrogens is 332 g/mol. The van der Waals surface area contributed by atoms with Gasteiger partial charge in [-0.25, -0.2) is 17.9 Å². The van der Waals surface area contributed by atoms with Crippen molar-refractivity contribution >= 4 is 21.9 Å². The number of nitrogens with zero attached hydrogens (tertiary/aromatic N) is 3. The van der Waals surface area contributed by atoms with Crippen molar-refractivity contribution in [2.45, 2.75) is 38.1 Å². The first kappa shape index (κ1) is 18.2. The van der Waals surface area contributed by atoms with Crippen molar-refractivity contribution in [2.75, 3.05) is 17.6 Å². The van der Waals surface area contributed by atoms with Crippen molar-refractivity contribution in [3.63, 3.8) is 0 Å². The van der Waals surface area contributed by atoms with Gasteiger partial charge in [0, 0.05) is 25.7 Å². The highest BCUT2D eigenvalue weighted by Crippen LogP contribution is 2.18. The molecule has 0 radical (unpaired) electrons. The Morgan fingerprint density at radius 2 is 2.12 bits per heavy atom. The number of aromatic nitrogens is 2. The van der Waals surface area contributed by atoms with Crippen LogP contribution in [0.5, 0.6) is 0 Å². The third kappa shape index (κ3) is 5.50. The predicted octanol–water partition coefficient (Wildman–Crippen LogP) is 0.665. The van der Waals surface area contributed by atoms with E-state index in [4.69, 9.17) is 5.26 Å². The maximum absolute atomic E-state index is 12.0. The maximum Gasteiger partial charge on any atom is 0.320 e. The summed E-state index contributed by atoms with van der Waals surface area (Å²) in [5.74, 6) is 0.0532. The quantitative estimate of drug-likeness (QED) is 0.691. The van der Waals surface area contributed by atoms with Crippen LogP contribution in [0.25, 0.3) is 0 Å². The van der Waals surface area contributed by atoms with Crippen LogP contribution in [-0.4, -0.2) is 42.6 Å². The summed E-state index contributed by atoms with van der Waals surface area (Å²) >= 11 is 0. The number of rotatable bonds is 6. The summed E-state index contributed by atoms with van der Waals surface area (Å²) in [6.45, 7) is -0.00811. The molecule has 3 N–H and O–H groups in total. The number of carbonyl (C=O) groups is 1. The average Bonchev–Trinajstić information content (AvgIpc) is 2.87. The summed E-state index contributed by atoms with van der Waals surface area (Å²) in [6, 6.07) is 2.81. The SMILES string of the molecule is Cn1nc(NC(=O)NCCS(=O)(=O)NC2CCCCC2)cc1C#N. The van der Waals surface area contributed by atoms with E-state index in [1.165, 1.54) is 10.7 Å². The van der Waals surface area contributed by atoms with Crippen molar-refractivity contribution in [1.29, 1.82) is 5.26 Å². The van der Waals surface area contributed by atoms with Crippen molar-refractivity contribution in [2.24, 2.45) is 7.05 Å². The van der Waals surface area contributed by atoms with Crippen LogP contribution in [0.3, 0.4) is 0 Å². The van der Waals surface area contributed by atoms with Crippen molar-refractivity contribution < 1.29 is 13.2 Å². The van der Waals surface area contributed by atoms with Crippen molar-refractivity contribution in [3.05, 3.63) is 11.8 Å². The number of hydrogen-bond acceptors (Lipinski definition) is 5. The number of amides is 2. The number of anilines is 1. The van der Waals surface area contributed by atoms with E-state index in [0.717, 1.165) is 32.1 Å². The Kier molecular flexibility index (Phi) is 6.16. The minimum absolute atomic E-state index is 0.00811. The fraction of sp³-hybridized carbons (Fsp3) is 0.643. The molecule has 1 saturated carbocycles. The Labute approximate surface area is 141 Å². The smallest absolute Gasteiger partial charge is 0.320 e. The third-order valence-corrected chi connectivity index (χ3v) is 5.28. The van der Waals surface area contributed by atoms with Crippen LogP contribution < -0.4 is 15.4 Å². The van der Waals surface area contributed by atoms with Crippen molar-refractivity contribution in [3.8, 4) is 6.07 Å². The van der Waals surface area contributed by atoms with E-state index >= 15 is 0 Å². The van der Waals surface area contributed by atoms with E-state index in [0.29, 0.717) is 5.69 Å². The normalized spacial score (nSPS) is 15.7. The number of nitrogens with one attached hydrogen (secondary N) is 3. The molecule has 1 aliphatic rings. The lowest BCUT2D eigenvalue weighted by Gasteiger charge is -2.22. The third-order valence-electron chi connectivity index (χ3n) is 3.84. The minimum atomic E-state index is -3.41. The summed E-state index contributed by atoms with van der Waals surface area (Å²) < 4.78 is 28.0. The number of carbonyl (C=O) groups excluding carboxylic acids is 1. The fourth-order valence-corrected chi connectivity index (χ4v) is 3.86. The molecule has 10 heteroatoms. The number of nitriles is 1. The number of urea groups is 1. The van der Waals surface area contributed by atoms with Gasteiger partial charge in [0.1, 0.15) is 11.8 Å². The molecule has 0 bridgehead atoms. The molecule has 0 atom stereocenters. The first-order valence-corrected chi connectivity index (χ1v) is 9.54. The molecule has 1 aliphatic carbocycles. The molecule has 2 amide bonds. The second kappa shape index (κ2) is 8.12. The van der Waals surface area contributed by atoms with Crippen molar-refractivity contribution in [1.82, 2.24) is 19.8 Å². The van der Waals surface area contributed by atoms with E-state index < -0.39 is 16.1 Å². The van der Waals surface area contributed by atoms with Crippen LogP contribution in [0.15, 0.2) is 6.07 Å². The zero-order valence-corrected chi connectivity index (χ0v) is 14.4. The number of sulfonamides is 1. The first-order valence-electron chi connectivity index (χ1n) is 7.88. The Morgan fingerprint density at radius 3 is 2.75 bits per heavy atom. The molecule has 1 aromatic heterocycles. The van der Waals surface area contributed by atoms with Gasteiger partial charge in [0.15, 0.2) is 5.82 Å². The van der Waals surface area contributed by atoms with E-state index in [1.54, 1.807) is 7.05 Å². The monoisotopic (exact) mass is 354 g/mol. The number of aryl methyl sites for hydroxylation is 1. The molecule has 1 aromatic rings. The van der Waals surface area contributed by atoms with Crippen LogP contribution >= 0.6 is 0 Å². The molecule has 0 aliphatic heterocycles. The Bertz CT molecular complexity index is 715. The van der Waals surface area contributed by atoms with Crippen LogP contribution in [0.4, 0.5) is 10.6 Å². The largest absolute Gasteiger partial charge is 0.337 e. The second-order valence-corrected chi connectivity index (χ2v) is 7.68. The van der Waals surface area contributed by atoms with Crippen LogP contribution in [-0.2, 0) is 17.1 Å². The molecule has 0 unspecified atom stereocenters. The van der Waals surface area contributed by atoms with Gasteiger partial charge in [0.05, 0.1) is 5.75 Å². The highest BCUT2D eigenvalue weighted by Gasteiger charge is 2.20. The van der Waals surface area contributed by atoms with Gasteiger partial charge in [-0.15, -0.1) is 0 Å². The molecule has 1 fully saturated rings. The van der Waals surface area contributed by atoms with Gasteiger partial charge >= 0.3 is 6.03 Å². The van der Waals surface area contributed by atoms with Crippen LogP contribution in [0.1, 0.15) is 37.8 Å². The fourth-order valence-electron chi connectivity index (χ4n) is 2.63. The standard InChI is InChI=1S/C14H22N6O3S/c1-20-12(10-15)9-13(18-20)17-14(21)16-7-8-24(22,23)19-11-5-3-2-4-6-11/h9,11,19H,2-8H2,1H3,(H2,16,17,18,21). The topological polar surface area (TPSA) is 129 Å². The zero-order valence-electron chi connectivity index (χ0n) is 13.6. The van der Waals surface area contributed by atoms with Gasteiger partial charge in [0.2, 0.25) is 10.0 Å². The summed E-state index contributed by atoms with van der Waals surface area (Å²) in [6.07, 6.45) is 4.98.